The average molecular weight is 317 g/mol. The summed E-state index contributed by atoms with van der Waals surface area (Å²) in [6.45, 7) is 0. The molecular weight excluding hydrogens is 304 g/mol. The van der Waals surface area contributed by atoms with Gasteiger partial charge >= 0.3 is 5.97 Å². The molecule has 22 heavy (non-hydrogen) atoms. The lowest BCUT2D eigenvalue weighted by Crippen LogP contribution is -2.23. The molecule has 1 atom stereocenters. The molecule has 5 nitrogen and oxygen atoms in total. The van der Waals surface area contributed by atoms with Gasteiger partial charge in [-0.25, -0.2) is 0 Å². The fourth-order valence-corrected chi connectivity index (χ4v) is 2.78. The van der Waals surface area contributed by atoms with Crippen LogP contribution in [0.4, 0.5) is 0 Å². The van der Waals surface area contributed by atoms with Crippen molar-refractivity contribution in [2.24, 2.45) is 7.05 Å². The molecule has 112 valence electrons. The maximum absolute atomic E-state index is 12.6. The normalized spacial score (nSPS) is 12.5. The second-order valence-corrected chi connectivity index (χ2v) is 5.51. The molecule has 0 radical (unpaired) electrons. The summed E-state index contributed by atoms with van der Waals surface area (Å²) in [6.07, 6.45) is 3.26. The van der Waals surface area contributed by atoms with Crippen LogP contribution in [0.5, 0.6) is 0 Å². The number of aromatic amines is 1. The summed E-state index contributed by atoms with van der Waals surface area (Å²) in [4.78, 5) is 27.3. The number of carbonyl (C=O) groups excluding carboxylic acids is 1. The van der Waals surface area contributed by atoms with E-state index in [1.807, 2.05) is 0 Å². The molecule has 0 saturated heterocycles. The van der Waals surface area contributed by atoms with E-state index in [0.717, 1.165) is 5.52 Å². The summed E-state index contributed by atoms with van der Waals surface area (Å²) in [6, 6.07) is 8.45. The zero-order valence-electron chi connectivity index (χ0n) is 11.7. The third kappa shape index (κ3) is 2.29. The number of carbonyl (C=O) groups is 2. The van der Waals surface area contributed by atoms with E-state index in [2.05, 4.69) is 4.98 Å². The van der Waals surface area contributed by atoms with Crippen molar-refractivity contribution in [2.45, 2.75) is 5.92 Å². The Bertz CT molecular complexity index is 879. The number of carboxylic acid groups (broad SMARTS) is 1. The zero-order valence-corrected chi connectivity index (χ0v) is 12.5. The highest BCUT2D eigenvalue weighted by molar-refractivity contribution is 6.31. The smallest absolute Gasteiger partial charge is 0.319 e. The van der Waals surface area contributed by atoms with Gasteiger partial charge in [0.25, 0.3) is 0 Å². The third-order valence-electron chi connectivity index (χ3n) is 3.69. The molecule has 0 amide bonds. The Morgan fingerprint density at radius 2 is 2.09 bits per heavy atom. The van der Waals surface area contributed by atoms with Crippen LogP contribution in [0.15, 0.2) is 42.7 Å². The van der Waals surface area contributed by atoms with Crippen LogP contribution in [-0.4, -0.2) is 26.4 Å². The first-order valence-electron chi connectivity index (χ1n) is 6.64. The van der Waals surface area contributed by atoms with E-state index in [4.69, 9.17) is 11.6 Å². The Morgan fingerprint density at radius 1 is 1.32 bits per heavy atom. The molecule has 3 rings (SSSR count). The Labute approximate surface area is 131 Å². The van der Waals surface area contributed by atoms with Crippen LogP contribution >= 0.6 is 11.6 Å². The number of nitrogens with zero attached hydrogens (tertiary/aromatic N) is 1. The van der Waals surface area contributed by atoms with Gasteiger partial charge in [0.1, 0.15) is 5.92 Å². The summed E-state index contributed by atoms with van der Waals surface area (Å²) in [5, 5.41) is 10.7. The molecule has 0 saturated carbocycles. The largest absolute Gasteiger partial charge is 0.480 e. The van der Waals surface area contributed by atoms with Crippen LogP contribution in [-0.2, 0) is 11.8 Å². The number of Topliss-reactive ketones (excluding diaryl/α,β-unsaturated/α-hetero) is 1. The summed E-state index contributed by atoms with van der Waals surface area (Å²) in [5.41, 5.74) is 1.50. The first kappa shape index (κ1) is 14.4. The van der Waals surface area contributed by atoms with E-state index in [9.17, 15) is 14.7 Å². The van der Waals surface area contributed by atoms with Gasteiger partial charge in [-0.3, -0.25) is 9.59 Å². The number of H-pyrrole nitrogens is 1. The average Bonchev–Trinajstić information content (AvgIpc) is 3.05. The molecule has 0 aliphatic rings. The Balaban J connectivity index is 2.15. The second kappa shape index (κ2) is 5.35. The van der Waals surface area contributed by atoms with Gasteiger partial charge in [-0.15, -0.1) is 0 Å². The third-order valence-corrected chi connectivity index (χ3v) is 3.93. The number of hydrogen-bond donors (Lipinski definition) is 2. The van der Waals surface area contributed by atoms with E-state index in [0.29, 0.717) is 21.7 Å². The molecule has 2 N–H and O–H groups in total. The first-order valence-corrected chi connectivity index (χ1v) is 7.01. The van der Waals surface area contributed by atoms with Crippen molar-refractivity contribution in [3.8, 4) is 0 Å². The topological polar surface area (TPSA) is 75.1 Å². The number of nitrogens with one attached hydrogen (secondary N) is 1. The van der Waals surface area contributed by atoms with Gasteiger partial charge in [-0.2, -0.15) is 0 Å². The number of carboxylic acids is 1. The zero-order chi connectivity index (χ0) is 15.9. The number of fused-ring (bicyclic) bond motifs is 1. The fraction of sp³-hybridized carbons (Fsp3) is 0.125. The van der Waals surface area contributed by atoms with Crippen molar-refractivity contribution in [1.82, 2.24) is 9.55 Å². The molecule has 0 spiro atoms. The maximum Gasteiger partial charge on any atom is 0.319 e. The fourth-order valence-electron chi connectivity index (χ4n) is 2.60. The second-order valence-electron chi connectivity index (χ2n) is 5.07. The molecule has 3 aromatic rings. The number of halogens is 1. The van der Waals surface area contributed by atoms with E-state index >= 15 is 0 Å². The Hall–Kier alpha value is -2.53. The lowest BCUT2D eigenvalue weighted by Gasteiger charge is -2.11. The Morgan fingerprint density at radius 3 is 2.73 bits per heavy atom. The number of aliphatic carboxylic acids is 1. The molecule has 1 unspecified atom stereocenters. The number of ketones is 1. The van der Waals surface area contributed by atoms with Gasteiger partial charge in [-0.1, -0.05) is 11.6 Å². The minimum absolute atomic E-state index is 0.351. The van der Waals surface area contributed by atoms with Crippen molar-refractivity contribution < 1.29 is 14.7 Å². The molecule has 2 aromatic heterocycles. The van der Waals surface area contributed by atoms with Crippen molar-refractivity contribution in [3.05, 3.63) is 59.0 Å². The van der Waals surface area contributed by atoms with Crippen LogP contribution in [0.3, 0.4) is 0 Å². The number of benzene rings is 1. The van der Waals surface area contributed by atoms with Crippen LogP contribution in [0, 0.1) is 0 Å². The predicted molar refractivity (Wildman–Crippen MR) is 83.4 cm³/mol. The van der Waals surface area contributed by atoms with Gasteiger partial charge in [0.05, 0.1) is 5.69 Å². The van der Waals surface area contributed by atoms with Crippen LogP contribution < -0.4 is 0 Å². The summed E-state index contributed by atoms with van der Waals surface area (Å²) < 4.78 is 1.61. The molecule has 1 aromatic carbocycles. The van der Waals surface area contributed by atoms with Crippen LogP contribution in [0.25, 0.3) is 10.9 Å². The lowest BCUT2D eigenvalue weighted by atomic mass is 9.92. The van der Waals surface area contributed by atoms with Crippen LogP contribution in [0.2, 0.25) is 5.02 Å². The van der Waals surface area contributed by atoms with E-state index in [-0.39, 0.29) is 0 Å². The first-order chi connectivity index (χ1) is 10.5. The van der Waals surface area contributed by atoms with Crippen molar-refractivity contribution in [1.29, 1.82) is 0 Å². The van der Waals surface area contributed by atoms with Gasteiger partial charge in [0.15, 0.2) is 5.78 Å². The number of aryl methyl sites for hydroxylation is 1. The summed E-state index contributed by atoms with van der Waals surface area (Å²) >= 11 is 5.99. The molecular formula is C16H13ClN2O3. The van der Waals surface area contributed by atoms with Gasteiger partial charge in [0, 0.05) is 35.4 Å². The molecule has 0 aliphatic heterocycles. The highest BCUT2D eigenvalue weighted by Crippen LogP contribution is 2.30. The van der Waals surface area contributed by atoms with Crippen LogP contribution in [0.1, 0.15) is 22.0 Å². The monoisotopic (exact) mass is 316 g/mol. The molecule has 0 bridgehead atoms. The lowest BCUT2D eigenvalue weighted by molar-refractivity contribution is -0.137. The van der Waals surface area contributed by atoms with Crippen molar-refractivity contribution >= 4 is 34.3 Å². The van der Waals surface area contributed by atoms with E-state index in [1.165, 1.54) is 0 Å². The van der Waals surface area contributed by atoms with Gasteiger partial charge < -0.3 is 14.7 Å². The van der Waals surface area contributed by atoms with E-state index in [1.54, 1.807) is 54.3 Å². The maximum atomic E-state index is 12.6. The minimum atomic E-state index is -1.28. The molecule has 0 aliphatic carbocycles. The molecule has 2 heterocycles. The number of rotatable bonds is 4. The molecule has 0 fully saturated rings. The highest BCUT2D eigenvalue weighted by atomic mass is 35.5. The van der Waals surface area contributed by atoms with Crippen molar-refractivity contribution in [3.63, 3.8) is 0 Å². The van der Waals surface area contributed by atoms with Gasteiger partial charge in [-0.05, 0) is 35.9 Å². The van der Waals surface area contributed by atoms with Crippen molar-refractivity contribution in [2.75, 3.05) is 0 Å². The SMILES string of the molecule is Cn1cccc1C(=O)C(C(=O)O)c1c[nH]c2ccc(Cl)cc12. The quantitative estimate of drug-likeness (QED) is 0.573. The minimum Gasteiger partial charge on any atom is -0.480 e. The predicted octanol–water partition coefficient (Wildman–Crippen LogP) is 3.21. The highest BCUT2D eigenvalue weighted by Gasteiger charge is 2.32. The van der Waals surface area contributed by atoms with Gasteiger partial charge in [0.2, 0.25) is 0 Å². The molecule has 6 heteroatoms. The van der Waals surface area contributed by atoms with E-state index < -0.39 is 17.7 Å². The standard InChI is InChI=1S/C16H13ClN2O3/c1-19-6-2-3-13(19)15(20)14(16(21)22)11-8-18-12-5-4-9(17)7-10(11)12/h2-8,14,18H,1H3,(H,21,22). The Kier molecular flexibility index (Phi) is 3.50. The summed E-state index contributed by atoms with van der Waals surface area (Å²) in [5.74, 6) is -2.92. The summed E-state index contributed by atoms with van der Waals surface area (Å²) in [7, 11) is 1.71. The number of aromatic nitrogens is 2. The number of hydrogen-bond acceptors (Lipinski definition) is 2.